The summed E-state index contributed by atoms with van der Waals surface area (Å²) >= 11 is 1.75. The largest absolute Gasteiger partial charge is 0.379 e. The number of nitrogens with zero attached hydrogens (tertiary/aromatic N) is 5. The molecule has 0 saturated carbocycles. The molecule has 4 rings (SSSR count). The summed E-state index contributed by atoms with van der Waals surface area (Å²) in [6.07, 6.45) is 3.32. The highest BCUT2D eigenvalue weighted by molar-refractivity contribution is 7.12. The monoisotopic (exact) mass is 454 g/mol. The number of aryl methyl sites for hydroxylation is 2. The van der Waals surface area contributed by atoms with Crippen LogP contribution in [0.2, 0.25) is 0 Å². The molecule has 8 nitrogen and oxygen atoms in total. The predicted molar refractivity (Wildman–Crippen MR) is 125 cm³/mol. The quantitative estimate of drug-likeness (QED) is 0.616. The summed E-state index contributed by atoms with van der Waals surface area (Å²) in [5, 5.41) is 7.49. The lowest BCUT2D eigenvalue weighted by Crippen LogP contribution is -2.55. The van der Waals surface area contributed by atoms with Gasteiger partial charge in [0.05, 0.1) is 36.4 Å². The average molecular weight is 455 g/mol. The summed E-state index contributed by atoms with van der Waals surface area (Å²) in [5.74, 6) is 0.312. The minimum Gasteiger partial charge on any atom is -0.379 e. The molecule has 0 unspecified atom stereocenters. The third-order valence-electron chi connectivity index (χ3n) is 5.95. The topological polar surface area (TPSA) is 85.2 Å². The summed E-state index contributed by atoms with van der Waals surface area (Å²) in [6.45, 7) is 14.1. The highest BCUT2D eigenvalue weighted by Crippen LogP contribution is 2.29. The van der Waals surface area contributed by atoms with Crippen molar-refractivity contribution < 1.29 is 9.53 Å². The Hall–Kier alpha value is -2.62. The van der Waals surface area contributed by atoms with Gasteiger partial charge in [-0.25, -0.2) is 14.6 Å². The van der Waals surface area contributed by atoms with E-state index in [1.807, 2.05) is 13.0 Å². The van der Waals surface area contributed by atoms with Gasteiger partial charge in [0.25, 0.3) is 11.9 Å². The molecule has 1 saturated heterocycles. The smallest absolute Gasteiger partial charge is 0.254 e. The molecule has 9 heteroatoms. The lowest BCUT2D eigenvalue weighted by molar-refractivity contribution is -0.00923. The van der Waals surface area contributed by atoms with Crippen LogP contribution >= 0.6 is 11.3 Å². The van der Waals surface area contributed by atoms with Crippen LogP contribution in [0.1, 0.15) is 39.7 Å². The number of aromatic nitrogens is 4. The van der Waals surface area contributed by atoms with Crippen LogP contribution in [-0.2, 0) is 4.74 Å². The molecule has 0 aromatic carbocycles. The molecule has 170 valence electrons. The Morgan fingerprint density at radius 1 is 1.25 bits per heavy atom. The van der Waals surface area contributed by atoms with E-state index in [1.54, 1.807) is 28.4 Å². The van der Waals surface area contributed by atoms with Crippen LogP contribution < -0.4 is 5.32 Å². The SMILES string of the molecule is Cc1cc(-c2ccnc(-n3ncc(C(=O)NCC(C)(C)N4CCOCC4)c3C)n2)c(C)s1. The Kier molecular flexibility index (Phi) is 6.41. The average Bonchev–Trinajstić information content (AvgIpc) is 3.34. The number of nitrogens with one attached hydrogen (secondary N) is 1. The van der Waals surface area contributed by atoms with E-state index < -0.39 is 0 Å². The highest BCUT2D eigenvalue weighted by Gasteiger charge is 2.29. The van der Waals surface area contributed by atoms with Gasteiger partial charge in [-0.2, -0.15) is 5.10 Å². The molecule has 1 N–H and O–H groups in total. The number of carbonyl (C=O) groups is 1. The Morgan fingerprint density at radius 3 is 2.69 bits per heavy atom. The molecule has 1 amide bonds. The molecule has 3 aromatic heterocycles. The maximum absolute atomic E-state index is 12.9. The third-order valence-corrected chi connectivity index (χ3v) is 6.92. The van der Waals surface area contributed by atoms with Gasteiger partial charge in [-0.1, -0.05) is 0 Å². The first-order valence-electron chi connectivity index (χ1n) is 10.8. The summed E-state index contributed by atoms with van der Waals surface area (Å²) in [5.41, 5.74) is 3.03. The van der Waals surface area contributed by atoms with Gasteiger partial charge < -0.3 is 10.1 Å². The Morgan fingerprint density at radius 2 is 2.00 bits per heavy atom. The van der Waals surface area contributed by atoms with E-state index in [4.69, 9.17) is 9.72 Å². The number of thiophene rings is 1. The molecule has 0 bridgehead atoms. The molecular weight excluding hydrogens is 424 g/mol. The molecular formula is C23H30N6O2S. The van der Waals surface area contributed by atoms with Crippen molar-refractivity contribution in [3.05, 3.63) is 45.5 Å². The van der Waals surface area contributed by atoms with E-state index in [9.17, 15) is 4.79 Å². The molecule has 0 atom stereocenters. The van der Waals surface area contributed by atoms with Crippen LogP contribution in [0.15, 0.2) is 24.5 Å². The Labute approximate surface area is 192 Å². The number of amides is 1. The Bertz CT molecular complexity index is 1110. The third kappa shape index (κ3) is 4.60. The van der Waals surface area contributed by atoms with E-state index in [-0.39, 0.29) is 11.4 Å². The normalized spacial score (nSPS) is 15.2. The van der Waals surface area contributed by atoms with Gasteiger partial charge in [0.15, 0.2) is 0 Å². The van der Waals surface area contributed by atoms with Crippen LogP contribution in [0, 0.1) is 20.8 Å². The fourth-order valence-corrected chi connectivity index (χ4v) is 4.93. The lowest BCUT2D eigenvalue weighted by Gasteiger charge is -2.40. The molecule has 1 aliphatic rings. The molecule has 4 heterocycles. The zero-order valence-corrected chi connectivity index (χ0v) is 20.1. The van der Waals surface area contributed by atoms with E-state index in [0.29, 0.717) is 23.8 Å². The first-order valence-corrected chi connectivity index (χ1v) is 11.6. The van der Waals surface area contributed by atoms with E-state index in [1.165, 1.54) is 9.75 Å². The van der Waals surface area contributed by atoms with Gasteiger partial charge in [-0.15, -0.1) is 11.3 Å². The van der Waals surface area contributed by atoms with Crippen molar-refractivity contribution in [3.63, 3.8) is 0 Å². The van der Waals surface area contributed by atoms with Gasteiger partial charge in [0.2, 0.25) is 0 Å². The van der Waals surface area contributed by atoms with Crippen molar-refractivity contribution in [2.75, 3.05) is 32.8 Å². The Balaban J connectivity index is 1.50. The van der Waals surface area contributed by atoms with Crippen LogP contribution in [-0.4, -0.2) is 68.9 Å². The first kappa shape index (κ1) is 22.6. The van der Waals surface area contributed by atoms with Crippen LogP contribution in [0.3, 0.4) is 0 Å². The van der Waals surface area contributed by atoms with Gasteiger partial charge in [0.1, 0.15) is 0 Å². The van der Waals surface area contributed by atoms with Gasteiger partial charge in [0, 0.05) is 46.7 Å². The molecule has 1 aliphatic heterocycles. The number of hydrogen-bond acceptors (Lipinski definition) is 7. The van der Waals surface area contributed by atoms with Gasteiger partial charge in [-0.3, -0.25) is 9.69 Å². The summed E-state index contributed by atoms with van der Waals surface area (Å²) in [4.78, 5) is 26.8. The molecule has 0 spiro atoms. The second-order valence-electron chi connectivity index (χ2n) is 8.72. The van der Waals surface area contributed by atoms with E-state index in [0.717, 1.165) is 37.6 Å². The van der Waals surface area contributed by atoms with Gasteiger partial charge in [-0.05, 0) is 46.8 Å². The summed E-state index contributed by atoms with van der Waals surface area (Å²) < 4.78 is 7.07. The van der Waals surface area contributed by atoms with E-state index >= 15 is 0 Å². The summed E-state index contributed by atoms with van der Waals surface area (Å²) in [6, 6.07) is 4.04. The molecule has 0 aliphatic carbocycles. The highest BCUT2D eigenvalue weighted by atomic mass is 32.1. The lowest BCUT2D eigenvalue weighted by atomic mass is 10.0. The number of hydrogen-bond donors (Lipinski definition) is 1. The van der Waals surface area contributed by atoms with E-state index in [2.05, 4.69) is 54.1 Å². The van der Waals surface area contributed by atoms with Crippen LogP contribution in [0.5, 0.6) is 0 Å². The molecule has 3 aromatic rings. The number of carbonyl (C=O) groups excluding carboxylic acids is 1. The van der Waals surface area contributed by atoms with Crippen molar-refractivity contribution in [1.82, 2.24) is 30.0 Å². The van der Waals surface area contributed by atoms with Crippen LogP contribution in [0.25, 0.3) is 17.2 Å². The number of ether oxygens (including phenoxy) is 1. The molecule has 32 heavy (non-hydrogen) atoms. The maximum Gasteiger partial charge on any atom is 0.254 e. The number of morpholine rings is 1. The number of rotatable bonds is 6. The van der Waals surface area contributed by atoms with Crippen molar-refractivity contribution in [3.8, 4) is 17.2 Å². The van der Waals surface area contributed by atoms with Crippen molar-refractivity contribution >= 4 is 17.2 Å². The maximum atomic E-state index is 12.9. The van der Waals surface area contributed by atoms with Crippen molar-refractivity contribution in [2.45, 2.75) is 40.2 Å². The standard InChI is InChI=1S/C23H30N6O2S/c1-15-12-18(17(3)32-15)20-6-7-24-22(27-20)29-16(2)19(13-26-29)21(30)25-14-23(4,5)28-8-10-31-11-9-28/h6-7,12-13H,8-11,14H2,1-5H3,(H,25,30). The van der Waals surface area contributed by atoms with Crippen LogP contribution in [0.4, 0.5) is 0 Å². The fraction of sp³-hybridized carbons (Fsp3) is 0.478. The van der Waals surface area contributed by atoms with Crippen molar-refractivity contribution in [1.29, 1.82) is 0 Å². The predicted octanol–water partition coefficient (Wildman–Crippen LogP) is 3.16. The second kappa shape index (κ2) is 9.09. The fourth-order valence-electron chi connectivity index (χ4n) is 3.99. The zero-order valence-electron chi connectivity index (χ0n) is 19.3. The first-order chi connectivity index (χ1) is 15.3. The van der Waals surface area contributed by atoms with Gasteiger partial charge >= 0.3 is 0 Å². The minimum absolute atomic E-state index is 0.143. The van der Waals surface area contributed by atoms with Crippen molar-refractivity contribution in [2.24, 2.45) is 0 Å². The minimum atomic E-state index is -0.155. The molecule has 1 fully saturated rings. The summed E-state index contributed by atoms with van der Waals surface area (Å²) in [7, 11) is 0. The second-order valence-corrected chi connectivity index (χ2v) is 10.2. The molecule has 0 radical (unpaired) electrons. The zero-order chi connectivity index (χ0) is 22.9.